The van der Waals surface area contributed by atoms with Crippen LogP contribution in [0.3, 0.4) is 0 Å². The highest BCUT2D eigenvalue weighted by Gasteiger charge is 2.39. The summed E-state index contributed by atoms with van der Waals surface area (Å²) in [7, 11) is 3.88. The summed E-state index contributed by atoms with van der Waals surface area (Å²) in [6.07, 6.45) is 59.5. The Balaban J connectivity index is 0.000000161. The van der Waals surface area contributed by atoms with Gasteiger partial charge in [0.1, 0.15) is 12.2 Å². The maximum Gasteiger partial charge on any atom is 0.333 e. The van der Waals surface area contributed by atoms with Crippen LogP contribution in [0.5, 0.6) is 0 Å². The van der Waals surface area contributed by atoms with Crippen molar-refractivity contribution in [3.63, 3.8) is 0 Å². The van der Waals surface area contributed by atoms with E-state index in [1.807, 2.05) is 30.8 Å². The molecule has 0 heterocycles. The number of likely N-dealkylation sites (N-methyl/N-ethyl adjacent to an activating group) is 2. The van der Waals surface area contributed by atoms with Crippen molar-refractivity contribution in [2.75, 3.05) is 14.1 Å². The molecular weight excluding hydrogens is 1180 g/mol. The molecule has 0 spiro atoms. The van der Waals surface area contributed by atoms with Crippen LogP contribution < -0.4 is 10.6 Å². The summed E-state index contributed by atoms with van der Waals surface area (Å²) in [4.78, 5) is 72.7. The highest BCUT2D eigenvalue weighted by Crippen LogP contribution is 2.46. The van der Waals surface area contributed by atoms with Gasteiger partial charge >= 0.3 is 11.9 Å². The minimum atomic E-state index is -0.255. The zero-order valence-electron chi connectivity index (χ0n) is 60.7. The summed E-state index contributed by atoms with van der Waals surface area (Å²) in [5.41, 5.74) is 1.81. The van der Waals surface area contributed by atoms with Crippen molar-refractivity contribution >= 4 is 35.6 Å². The van der Waals surface area contributed by atoms with Crippen LogP contribution >= 0.6 is 0 Å². The second-order valence-electron chi connectivity index (χ2n) is 32.3. The van der Waals surface area contributed by atoms with E-state index in [-0.39, 0.29) is 47.8 Å². The summed E-state index contributed by atoms with van der Waals surface area (Å²) >= 11 is 0. The van der Waals surface area contributed by atoms with Gasteiger partial charge in [-0.2, -0.15) is 0 Å². The van der Waals surface area contributed by atoms with E-state index in [1.165, 1.54) is 262 Å². The molecule has 12 heteroatoms. The minimum absolute atomic E-state index is 0.00532. The quantitative estimate of drug-likeness (QED) is 0.145. The van der Waals surface area contributed by atoms with E-state index in [9.17, 15) is 28.8 Å². The molecule has 2 N–H and O–H groups in total. The summed E-state index contributed by atoms with van der Waals surface area (Å²) in [5, 5.41) is 6.16. The van der Waals surface area contributed by atoms with Crippen LogP contribution in [0.1, 0.15) is 290 Å². The normalized spacial score (nSPS) is 34.2. The Hall–Kier alpha value is -4.74. The van der Waals surface area contributed by atoms with E-state index < -0.39 is 0 Å². The van der Waals surface area contributed by atoms with E-state index in [4.69, 9.17) is 9.47 Å². The van der Waals surface area contributed by atoms with Crippen LogP contribution in [-0.4, -0.2) is 95.8 Å². The maximum atomic E-state index is 11.9. The highest BCUT2D eigenvalue weighted by molar-refractivity contribution is 5.93. The predicted octanol–water partition coefficient (Wildman–Crippen LogP) is 18.6. The van der Waals surface area contributed by atoms with E-state index in [0.717, 1.165) is 96.7 Å². The second kappa shape index (κ2) is 40.4. The Morgan fingerprint density at radius 2 is 0.684 bits per heavy atom. The minimum Gasteiger partial charge on any atom is -0.459 e. The van der Waals surface area contributed by atoms with E-state index >= 15 is 0 Å². The van der Waals surface area contributed by atoms with Crippen molar-refractivity contribution in [2.45, 2.75) is 327 Å². The number of ether oxygens (including phenoxy) is 2. The summed E-state index contributed by atoms with van der Waals surface area (Å²) < 4.78 is 10.8. The molecule has 534 valence electrons. The lowest BCUT2D eigenvalue weighted by atomic mass is 9.69. The summed E-state index contributed by atoms with van der Waals surface area (Å²) in [5.74, 6) is 10.6. The molecule has 0 aromatic carbocycles. The fourth-order valence-corrected chi connectivity index (χ4v) is 20.1. The molecule has 12 nitrogen and oxygen atoms in total. The average molecular weight is 1320 g/mol. The van der Waals surface area contributed by atoms with E-state index in [2.05, 4.69) is 50.1 Å². The summed E-state index contributed by atoms with van der Waals surface area (Å²) in [6, 6.07) is 1.74. The van der Waals surface area contributed by atoms with Crippen LogP contribution in [0.25, 0.3) is 0 Å². The molecule has 0 aromatic heterocycles. The molecule has 18 atom stereocenters. The first kappa shape index (κ1) is 77.6. The van der Waals surface area contributed by atoms with Gasteiger partial charge in [-0.05, 0) is 220 Å². The third-order valence-corrected chi connectivity index (χ3v) is 25.7. The molecule has 0 aromatic rings. The lowest BCUT2D eigenvalue weighted by molar-refractivity contribution is -0.148. The number of fused-ring (bicyclic) bond motifs is 6. The van der Waals surface area contributed by atoms with Gasteiger partial charge in [0.2, 0.25) is 23.6 Å². The lowest BCUT2D eigenvalue weighted by Crippen LogP contribution is -2.43. The highest BCUT2D eigenvalue weighted by atomic mass is 16.5. The van der Waals surface area contributed by atoms with Crippen molar-refractivity contribution in [2.24, 2.45) is 71.0 Å². The van der Waals surface area contributed by atoms with Gasteiger partial charge in [-0.25, -0.2) is 9.59 Å². The van der Waals surface area contributed by atoms with Crippen molar-refractivity contribution < 1.29 is 38.2 Å². The SMILES string of the molecule is C=C(C)C(=O)N(C)C1CCC2CCCCC2C1.C=C(C)C(=O)NC1CCC2CCCCC2C1.C=C(C)C(=O)OC1CCC2CCCCC2C1.C=CC(=O)N(C)C1CCC2CCCCC2C1.C=CC(=O)NC1CCC2CCCCC2C1.C=CC(=O)OC1CCC2CCCCC2C1. The van der Waals surface area contributed by atoms with Gasteiger partial charge < -0.3 is 29.9 Å². The van der Waals surface area contributed by atoms with Gasteiger partial charge in [0.15, 0.2) is 0 Å². The zero-order valence-corrected chi connectivity index (χ0v) is 60.7. The fourth-order valence-electron chi connectivity index (χ4n) is 20.1. The number of carbonyl (C=O) groups is 6. The zero-order chi connectivity index (χ0) is 68.4. The number of rotatable bonds is 12. The first-order valence-electron chi connectivity index (χ1n) is 39.1. The molecule has 95 heavy (non-hydrogen) atoms. The molecular formula is C83H134N4O8. The third-order valence-electron chi connectivity index (χ3n) is 25.7. The smallest absolute Gasteiger partial charge is 0.333 e. The van der Waals surface area contributed by atoms with Crippen molar-refractivity contribution in [1.29, 1.82) is 0 Å². The number of carbonyl (C=O) groups excluding carboxylic acids is 6. The third kappa shape index (κ3) is 24.9. The van der Waals surface area contributed by atoms with E-state index in [1.54, 1.807) is 13.8 Å². The van der Waals surface area contributed by atoms with Crippen LogP contribution in [-0.2, 0) is 38.2 Å². The standard InChI is InChI=1S/C15H25NO.2C14H23NO.C14H22O2.C13H21NO.C13H20O2/c1-11(2)15(17)16(3)14-9-8-12-6-4-5-7-13(12)10-14;1-10(2)14(16)15-13-8-7-11-5-3-4-6-12(11)9-13;1-3-14(16)15(2)13-9-8-11-6-4-5-7-12(11)10-13;1-10(2)14(15)16-13-8-7-11-5-3-4-6-12(11)9-13;1-2-13(15)14-12-8-7-10-5-3-4-6-11(10)9-12;1-2-13(14)15-12-8-7-10-5-3-4-6-11(10)9-12/h12-14H,1,4-10H2,2-3H3;11-13H,1,3-9H2,2H3,(H,15,16);3,11-13H,1,4-10H2,2H3;11-13H,1,3-9H2,2H3;2,10-12H,1,3-9H2,(H,14,15);2,10-12H,1,3-9H2. The van der Waals surface area contributed by atoms with E-state index in [0.29, 0.717) is 40.9 Å². The Morgan fingerprint density at radius 3 is 1.04 bits per heavy atom. The van der Waals surface area contributed by atoms with Crippen LogP contribution in [0.15, 0.2) is 74.4 Å². The maximum absolute atomic E-state index is 11.9. The van der Waals surface area contributed by atoms with Crippen molar-refractivity contribution in [3.8, 4) is 0 Å². The molecule has 12 aliphatic carbocycles. The first-order valence-corrected chi connectivity index (χ1v) is 39.1. The largest absolute Gasteiger partial charge is 0.459 e. The molecule has 0 aliphatic heterocycles. The lowest BCUT2D eigenvalue weighted by Gasteiger charge is -2.42. The molecule has 12 aliphatic rings. The number of hydrogen-bond donors (Lipinski definition) is 2. The average Bonchev–Trinajstić information content (AvgIpc) is 1.02. The Labute approximate surface area is 577 Å². The molecule has 18 unspecified atom stereocenters. The Kier molecular flexibility index (Phi) is 33.0. The predicted molar refractivity (Wildman–Crippen MR) is 388 cm³/mol. The molecule has 12 rings (SSSR count). The number of nitrogens with one attached hydrogen (secondary N) is 2. The van der Waals surface area contributed by atoms with Gasteiger partial charge in [0, 0.05) is 61.1 Å². The Bertz CT molecular complexity index is 2410. The monoisotopic (exact) mass is 1320 g/mol. The van der Waals surface area contributed by atoms with Gasteiger partial charge in [-0.3, -0.25) is 19.2 Å². The number of hydrogen-bond acceptors (Lipinski definition) is 8. The number of esters is 2. The fraction of sp³-hybridized carbons (Fsp3) is 0.783. The summed E-state index contributed by atoms with van der Waals surface area (Å²) in [6.45, 7) is 26.9. The topological polar surface area (TPSA) is 151 Å². The van der Waals surface area contributed by atoms with Gasteiger partial charge in [-0.1, -0.05) is 194 Å². The van der Waals surface area contributed by atoms with Crippen molar-refractivity contribution in [3.05, 3.63) is 74.4 Å². The van der Waals surface area contributed by atoms with Crippen LogP contribution in [0, 0.1) is 71.0 Å². The van der Waals surface area contributed by atoms with Crippen molar-refractivity contribution in [1.82, 2.24) is 20.4 Å². The Morgan fingerprint density at radius 1 is 0.347 bits per heavy atom. The molecule has 12 fully saturated rings. The molecule has 0 radical (unpaired) electrons. The van der Waals surface area contributed by atoms with Crippen LogP contribution in [0.4, 0.5) is 0 Å². The first-order chi connectivity index (χ1) is 45.7. The van der Waals surface area contributed by atoms with Gasteiger partial charge in [0.05, 0.1) is 0 Å². The molecule has 12 saturated carbocycles. The molecule has 4 amide bonds. The number of amides is 4. The van der Waals surface area contributed by atoms with Crippen LogP contribution in [0.2, 0.25) is 0 Å². The van der Waals surface area contributed by atoms with Gasteiger partial charge in [-0.15, -0.1) is 0 Å². The molecule has 0 saturated heterocycles. The second-order valence-corrected chi connectivity index (χ2v) is 32.3. The molecule has 0 bridgehead atoms. The van der Waals surface area contributed by atoms with Gasteiger partial charge in [0.25, 0.3) is 0 Å². The number of nitrogens with zero attached hydrogens (tertiary/aromatic N) is 2.